The summed E-state index contributed by atoms with van der Waals surface area (Å²) in [5.74, 6) is -0.630. The van der Waals surface area contributed by atoms with E-state index in [1.165, 1.54) is 17.0 Å². The first-order chi connectivity index (χ1) is 12.4. The zero-order valence-corrected chi connectivity index (χ0v) is 15.7. The van der Waals surface area contributed by atoms with Crippen molar-refractivity contribution < 1.29 is 9.90 Å². The smallest absolute Gasteiger partial charge is 0.257 e. The third-order valence-electron chi connectivity index (χ3n) is 3.20. The van der Waals surface area contributed by atoms with Gasteiger partial charge in [-0.3, -0.25) is 14.4 Å². The number of carbonyl (C=O) groups is 1. The summed E-state index contributed by atoms with van der Waals surface area (Å²) in [5, 5.41) is 15.7. The number of phenolic OH excluding ortho intramolecular Hbond substituents is 1. The van der Waals surface area contributed by atoms with Crippen LogP contribution < -0.4 is 21.5 Å². The molecule has 140 valence electrons. The Kier molecular flexibility index (Phi) is 9.24. The van der Waals surface area contributed by atoms with Crippen LogP contribution in [0.25, 0.3) is 0 Å². The number of benzene rings is 1. The largest absolute Gasteiger partial charge is 0.505 e. The number of terminal acetylenes is 1. The lowest BCUT2D eigenvalue weighted by Crippen LogP contribution is -2.36. The van der Waals surface area contributed by atoms with Crippen molar-refractivity contribution in [3.8, 4) is 18.6 Å². The Bertz CT molecular complexity index is 831. The van der Waals surface area contributed by atoms with Gasteiger partial charge < -0.3 is 20.6 Å². The number of carbonyl (C=O) groups excluding carboxylic acids is 1. The second kappa shape index (κ2) is 10.6. The number of anilines is 3. The van der Waals surface area contributed by atoms with Crippen LogP contribution in [0.2, 0.25) is 0 Å². The average Bonchev–Trinajstić information content (AvgIpc) is 2.68. The van der Waals surface area contributed by atoms with Crippen molar-refractivity contribution in [1.82, 2.24) is 4.90 Å². The number of hydrogen-bond donors (Lipinski definition) is 3. The minimum atomic E-state index is -0.653. The van der Waals surface area contributed by atoms with Crippen molar-refractivity contribution in [2.24, 2.45) is 0 Å². The molecule has 2 rings (SSSR count). The zero-order chi connectivity index (χ0) is 20.4. The second-order valence-electron chi connectivity index (χ2n) is 4.96. The third-order valence-corrected chi connectivity index (χ3v) is 3.20. The topological polar surface area (TPSA) is 98.7 Å². The minimum absolute atomic E-state index is 0.0941. The van der Waals surface area contributed by atoms with E-state index < -0.39 is 10.9 Å². The zero-order valence-electron chi connectivity index (χ0n) is 15.7. The normalized spacial score (nSPS) is 9.19. The van der Waals surface area contributed by atoms with Crippen LogP contribution in [0.15, 0.2) is 27.8 Å². The van der Waals surface area contributed by atoms with Crippen LogP contribution in [0, 0.1) is 12.8 Å². The van der Waals surface area contributed by atoms with Crippen molar-refractivity contribution in [3.05, 3.63) is 44.2 Å². The van der Waals surface area contributed by atoms with Crippen LogP contribution in [0.4, 0.5) is 17.1 Å². The second-order valence-corrected chi connectivity index (χ2v) is 4.96. The predicted octanol–water partition coefficient (Wildman–Crippen LogP) is 2.14. The van der Waals surface area contributed by atoms with Gasteiger partial charge in [0.25, 0.3) is 16.8 Å². The van der Waals surface area contributed by atoms with Gasteiger partial charge >= 0.3 is 0 Å². The first kappa shape index (κ1) is 22.7. The quantitative estimate of drug-likeness (QED) is 0.430. The standard InChI is InChI=1S/C15H17N3O4.C2H6.C2H2/c1-4-16-10-11(14(21)13(10)20)17-9-7-5-6-8(12(9)19)15(22)18(2)3;2*1-2/h5-7,16-17,19H,4H2,1-3H3;1-2H3;1-2H. The molecule has 0 atom stereocenters. The van der Waals surface area contributed by atoms with E-state index in [0.29, 0.717) is 6.54 Å². The van der Waals surface area contributed by atoms with E-state index in [1.807, 2.05) is 13.8 Å². The van der Waals surface area contributed by atoms with Gasteiger partial charge in [0.05, 0.1) is 11.3 Å². The SMILES string of the molecule is C#C.CC.CCNc1c(Nc2cccc(C(=O)N(C)C)c2O)c(=O)c1=O. The molecule has 0 unspecified atom stereocenters. The van der Waals surface area contributed by atoms with Gasteiger partial charge in [0.1, 0.15) is 11.4 Å². The maximum atomic E-state index is 12.0. The Morgan fingerprint density at radius 3 is 2.15 bits per heavy atom. The fourth-order valence-corrected chi connectivity index (χ4v) is 2.05. The van der Waals surface area contributed by atoms with E-state index in [9.17, 15) is 19.5 Å². The number of hydrogen-bond acceptors (Lipinski definition) is 6. The molecule has 0 aromatic heterocycles. The van der Waals surface area contributed by atoms with Crippen molar-refractivity contribution in [2.75, 3.05) is 31.3 Å². The number of para-hydroxylation sites is 1. The van der Waals surface area contributed by atoms with E-state index in [2.05, 4.69) is 23.5 Å². The maximum Gasteiger partial charge on any atom is 0.257 e. The van der Waals surface area contributed by atoms with Crippen molar-refractivity contribution >= 4 is 23.0 Å². The van der Waals surface area contributed by atoms with Crippen LogP contribution in [0.5, 0.6) is 5.75 Å². The van der Waals surface area contributed by atoms with Crippen LogP contribution in [-0.4, -0.2) is 36.6 Å². The molecule has 0 saturated heterocycles. The highest BCUT2D eigenvalue weighted by atomic mass is 16.3. The number of aromatic hydroxyl groups is 1. The number of rotatable bonds is 5. The van der Waals surface area contributed by atoms with Crippen molar-refractivity contribution in [1.29, 1.82) is 0 Å². The predicted molar refractivity (Wildman–Crippen MR) is 106 cm³/mol. The van der Waals surface area contributed by atoms with E-state index in [1.54, 1.807) is 27.1 Å². The summed E-state index contributed by atoms with van der Waals surface area (Å²) in [6.07, 6.45) is 8.00. The van der Waals surface area contributed by atoms with Crippen LogP contribution in [-0.2, 0) is 0 Å². The van der Waals surface area contributed by atoms with Gasteiger partial charge in [0, 0.05) is 20.6 Å². The molecule has 7 heteroatoms. The molecule has 0 radical (unpaired) electrons. The molecule has 2 aromatic carbocycles. The van der Waals surface area contributed by atoms with Gasteiger partial charge in [-0.25, -0.2) is 0 Å². The van der Waals surface area contributed by atoms with Gasteiger partial charge in [-0.15, -0.1) is 12.8 Å². The molecular weight excluding hydrogens is 334 g/mol. The molecule has 0 saturated carbocycles. The Balaban J connectivity index is 0.00000146. The van der Waals surface area contributed by atoms with Crippen molar-refractivity contribution in [3.63, 3.8) is 0 Å². The lowest BCUT2D eigenvalue weighted by atomic mass is 10.1. The summed E-state index contributed by atoms with van der Waals surface area (Å²) < 4.78 is 0. The van der Waals surface area contributed by atoms with Gasteiger partial charge in [-0.05, 0) is 19.1 Å². The minimum Gasteiger partial charge on any atom is -0.505 e. The molecule has 0 fully saturated rings. The van der Waals surface area contributed by atoms with Crippen LogP contribution in [0.3, 0.4) is 0 Å². The van der Waals surface area contributed by atoms with E-state index >= 15 is 0 Å². The molecule has 0 aliphatic rings. The number of nitrogens with one attached hydrogen (secondary N) is 2. The lowest BCUT2D eigenvalue weighted by molar-refractivity contribution is 0.0824. The molecule has 26 heavy (non-hydrogen) atoms. The lowest BCUT2D eigenvalue weighted by Gasteiger charge is -2.17. The summed E-state index contributed by atoms with van der Waals surface area (Å²) in [5.41, 5.74) is -0.658. The molecule has 1 amide bonds. The first-order valence-electron chi connectivity index (χ1n) is 8.09. The third kappa shape index (κ3) is 4.63. The number of nitrogens with zero attached hydrogens (tertiary/aromatic N) is 1. The highest BCUT2D eigenvalue weighted by Crippen LogP contribution is 2.31. The summed E-state index contributed by atoms with van der Waals surface area (Å²) in [4.78, 5) is 36.4. The molecular formula is C19H25N3O4. The molecule has 7 nitrogen and oxygen atoms in total. The van der Waals surface area contributed by atoms with Gasteiger partial charge in [0.2, 0.25) is 0 Å². The fourth-order valence-electron chi connectivity index (χ4n) is 2.05. The van der Waals surface area contributed by atoms with Gasteiger partial charge in [0.15, 0.2) is 5.75 Å². The van der Waals surface area contributed by atoms with Crippen LogP contribution in [0.1, 0.15) is 31.1 Å². The summed E-state index contributed by atoms with van der Waals surface area (Å²) in [6, 6.07) is 4.59. The van der Waals surface area contributed by atoms with Crippen molar-refractivity contribution in [2.45, 2.75) is 20.8 Å². The Hall–Kier alpha value is -3.27. The highest BCUT2D eigenvalue weighted by Gasteiger charge is 2.22. The molecule has 0 aliphatic carbocycles. The molecule has 2 aromatic rings. The Morgan fingerprint density at radius 2 is 1.65 bits per heavy atom. The first-order valence-corrected chi connectivity index (χ1v) is 8.09. The molecule has 0 spiro atoms. The monoisotopic (exact) mass is 359 g/mol. The maximum absolute atomic E-state index is 12.0. The molecule has 0 aliphatic heterocycles. The number of phenols is 1. The summed E-state index contributed by atoms with van der Waals surface area (Å²) in [6.45, 7) is 6.29. The summed E-state index contributed by atoms with van der Waals surface area (Å²) in [7, 11) is 3.14. The van der Waals surface area contributed by atoms with E-state index in [4.69, 9.17) is 0 Å². The molecule has 0 bridgehead atoms. The van der Waals surface area contributed by atoms with Gasteiger partial charge in [-0.1, -0.05) is 19.9 Å². The van der Waals surface area contributed by atoms with E-state index in [0.717, 1.165) is 0 Å². The Morgan fingerprint density at radius 1 is 1.12 bits per heavy atom. The van der Waals surface area contributed by atoms with E-state index in [-0.39, 0.29) is 34.3 Å². The van der Waals surface area contributed by atoms with Gasteiger partial charge in [-0.2, -0.15) is 0 Å². The van der Waals surface area contributed by atoms with Crippen LogP contribution >= 0.6 is 0 Å². The average molecular weight is 359 g/mol. The fraction of sp³-hybridized carbons (Fsp3) is 0.316. The molecule has 3 N–H and O–H groups in total. The highest BCUT2D eigenvalue weighted by molar-refractivity contribution is 5.99. The summed E-state index contributed by atoms with van der Waals surface area (Å²) >= 11 is 0. The molecule has 0 heterocycles. The number of amides is 1. The Labute approximate surface area is 153 Å².